The maximum Gasteiger partial charge on any atom is 0.222 e. The van der Waals surface area contributed by atoms with Crippen LogP contribution >= 0.6 is 0 Å². The minimum Gasteiger partial charge on any atom is -0.385 e. The van der Waals surface area contributed by atoms with Crippen molar-refractivity contribution in [2.45, 2.75) is 45.6 Å². The molecule has 1 amide bonds. The minimum absolute atomic E-state index is 0.270. The standard InChI is InChI=1S/C15H23N3O/c1-2-8-16-13-7-9-17-14(11-13)12-18-10-5-3-4-6-15(18)19/h7,9,11H,2-6,8,10,12H2,1H3,(H,16,17). The number of aromatic nitrogens is 1. The predicted molar refractivity (Wildman–Crippen MR) is 76.9 cm³/mol. The third kappa shape index (κ3) is 4.23. The third-order valence-electron chi connectivity index (χ3n) is 3.42. The lowest BCUT2D eigenvalue weighted by atomic mass is 10.2. The molecule has 0 spiro atoms. The maximum atomic E-state index is 12.0. The second kappa shape index (κ2) is 7.12. The number of anilines is 1. The molecule has 1 aliphatic rings. The van der Waals surface area contributed by atoms with Crippen LogP contribution in [-0.2, 0) is 11.3 Å². The van der Waals surface area contributed by atoms with Crippen LogP contribution in [-0.4, -0.2) is 28.9 Å². The molecule has 0 bridgehead atoms. The molecule has 0 unspecified atom stereocenters. The first kappa shape index (κ1) is 13.8. The third-order valence-corrected chi connectivity index (χ3v) is 3.42. The Labute approximate surface area is 115 Å². The number of carbonyl (C=O) groups excluding carboxylic acids is 1. The van der Waals surface area contributed by atoms with E-state index in [-0.39, 0.29) is 5.91 Å². The van der Waals surface area contributed by atoms with E-state index < -0.39 is 0 Å². The number of hydrogen-bond donors (Lipinski definition) is 1. The van der Waals surface area contributed by atoms with Crippen molar-refractivity contribution < 1.29 is 4.79 Å². The lowest BCUT2D eigenvalue weighted by molar-refractivity contribution is -0.131. The zero-order chi connectivity index (χ0) is 13.5. The molecule has 0 atom stereocenters. The van der Waals surface area contributed by atoms with Gasteiger partial charge in [0.1, 0.15) is 0 Å². The summed E-state index contributed by atoms with van der Waals surface area (Å²) in [7, 11) is 0. The van der Waals surface area contributed by atoms with Crippen molar-refractivity contribution in [1.29, 1.82) is 0 Å². The summed E-state index contributed by atoms with van der Waals surface area (Å²) in [4.78, 5) is 18.3. The normalized spacial score (nSPS) is 16.3. The summed E-state index contributed by atoms with van der Waals surface area (Å²) in [5.41, 5.74) is 2.06. The highest BCUT2D eigenvalue weighted by Crippen LogP contribution is 2.15. The van der Waals surface area contributed by atoms with Crippen LogP contribution in [0.2, 0.25) is 0 Å². The summed E-state index contributed by atoms with van der Waals surface area (Å²) in [6, 6.07) is 4.03. The fourth-order valence-electron chi connectivity index (χ4n) is 2.35. The Morgan fingerprint density at radius 2 is 2.26 bits per heavy atom. The van der Waals surface area contributed by atoms with E-state index in [0.29, 0.717) is 13.0 Å². The van der Waals surface area contributed by atoms with Crippen LogP contribution in [0.25, 0.3) is 0 Å². The fourth-order valence-corrected chi connectivity index (χ4v) is 2.35. The fraction of sp³-hybridized carbons (Fsp3) is 0.600. The summed E-state index contributed by atoms with van der Waals surface area (Å²) in [6.07, 6.45) is 6.90. The van der Waals surface area contributed by atoms with Crippen LogP contribution < -0.4 is 5.32 Å². The van der Waals surface area contributed by atoms with E-state index in [1.54, 1.807) is 0 Å². The molecule has 1 fully saturated rings. The van der Waals surface area contributed by atoms with Crippen molar-refractivity contribution in [2.24, 2.45) is 0 Å². The molecule has 104 valence electrons. The number of hydrogen-bond acceptors (Lipinski definition) is 3. The van der Waals surface area contributed by atoms with Crippen molar-refractivity contribution in [3.8, 4) is 0 Å². The first-order valence-corrected chi connectivity index (χ1v) is 7.26. The van der Waals surface area contributed by atoms with Crippen molar-refractivity contribution in [2.75, 3.05) is 18.4 Å². The topological polar surface area (TPSA) is 45.2 Å². The molecule has 1 N–H and O–H groups in total. The van der Waals surface area contributed by atoms with E-state index in [2.05, 4.69) is 17.2 Å². The van der Waals surface area contributed by atoms with Gasteiger partial charge in [-0.3, -0.25) is 9.78 Å². The zero-order valence-corrected chi connectivity index (χ0v) is 11.7. The average molecular weight is 261 g/mol. The Morgan fingerprint density at radius 3 is 3.11 bits per heavy atom. The Balaban J connectivity index is 1.99. The molecule has 1 aliphatic heterocycles. The highest BCUT2D eigenvalue weighted by Gasteiger charge is 2.17. The van der Waals surface area contributed by atoms with Gasteiger partial charge in [-0.1, -0.05) is 13.3 Å². The Morgan fingerprint density at radius 1 is 1.37 bits per heavy atom. The number of nitrogens with zero attached hydrogens (tertiary/aromatic N) is 2. The van der Waals surface area contributed by atoms with E-state index in [4.69, 9.17) is 0 Å². The van der Waals surface area contributed by atoms with Crippen LogP contribution in [0.15, 0.2) is 18.3 Å². The smallest absolute Gasteiger partial charge is 0.222 e. The van der Waals surface area contributed by atoms with Crippen molar-refractivity contribution >= 4 is 11.6 Å². The van der Waals surface area contributed by atoms with Gasteiger partial charge in [-0.25, -0.2) is 0 Å². The highest BCUT2D eigenvalue weighted by atomic mass is 16.2. The largest absolute Gasteiger partial charge is 0.385 e. The van der Waals surface area contributed by atoms with Crippen molar-refractivity contribution in [3.63, 3.8) is 0 Å². The van der Waals surface area contributed by atoms with Gasteiger partial charge < -0.3 is 10.2 Å². The van der Waals surface area contributed by atoms with Gasteiger partial charge in [-0.2, -0.15) is 0 Å². The molecule has 0 aliphatic carbocycles. The molecule has 19 heavy (non-hydrogen) atoms. The maximum absolute atomic E-state index is 12.0. The van der Waals surface area contributed by atoms with Crippen LogP contribution in [0, 0.1) is 0 Å². The molecule has 4 heteroatoms. The van der Waals surface area contributed by atoms with Gasteiger partial charge in [0.25, 0.3) is 0 Å². The molecule has 0 saturated carbocycles. The van der Waals surface area contributed by atoms with Gasteiger partial charge >= 0.3 is 0 Å². The van der Waals surface area contributed by atoms with E-state index >= 15 is 0 Å². The van der Waals surface area contributed by atoms with Gasteiger partial charge in [-0.15, -0.1) is 0 Å². The first-order valence-electron chi connectivity index (χ1n) is 7.26. The molecule has 0 aromatic carbocycles. The number of rotatable bonds is 5. The van der Waals surface area contributed by atoms with Gasteiger partial charge in [0.2, 0.25) is 5.91 Å². The van der Waals surface area contributed by atoms with Crippen LogP contribution in [0.1, 0.15) is 44.7 Å². The molecule has 2 heterocycles. The van der Waals surface area contributed by atoms with Gasteiger partial charge in [-0.05, 0) is 31.4 Å². The molecule has 2 rings (SSSR count). The molecule has 1 aromatic heterocycles. The van der Waals surface area contributed by atoms with E-state index in [0.717, 1.165) is 50.2 Å². The lowest BCUT2D eigenvalue weighted by Gasteiger charge is -2.20. The van der Waals surface area contributed by atoms with E-state index in [1.807, 2.05) is 23.2 Å². The molecule has 0 radical (unpaired) electrons. The predicted octanol–water partition coefficient (Wildman–Crippen LogP) is 2.81. The SMILES string of the molecule is CCCNc1ccnc(CN2CCCCCC2=O)c1. The summed E-state index contributed by atoms with van der Waals surface area (Å²) < 4.78 is 0. The van der Waals surface area contributed by atoms with Crippen molar-refractivity contribution in [3.05, 3.63) is 24.0 Å². The zero-order valence-electron chi connectivity index (χ0n) is 11.7. The van der Waals surface area contributed by atoms with E-state index in [9.17, 15) is 4.79 Å². The average Bonchev–Trinajstić information content (AvgIpc) is 2.62. The Kier molecular flexibility index (Phi) is 5.19. The van der Waals surface area contributed by atoms with Gasteiger partial charge in [0.05, 0.1) is 12.2 Å². The first-order chi connectivity index (χ1) is 9.29. The second-order valence-electron chi connectivity index (χ2n) is 5.09. The monoisotopic (exact) mass is 261 g/mol. The number of amides is 1. The number of pyridine rings is 1. The molecule has 1 saturated heterocycles. The minimum atomic E-state index is 0.270. The number of carbonyl (C=O) groups is 1. The molecular formula is C15H23N3O. The lowest BCUT2D eigenvalue weighted by Crippen LogP contribution is -2.30. The Bertz CT molecular complexity index is 420. The highest BCUT2D eigenvalue weighted by molar-refractivity contribution is 5.76. The summed E-state index contributed by atoms with van der Waals surface area (Å²) >= 11 is 0. The van der Waals surface area contributed by atoms with Crippen LogP contribution in [0.4, 0.5) is 5.69 Å². The van der Waals surface area contributed by atoms with Crippen LogP contribution in [0.5, 0.6) is 0 Å². The summed E-state index contributed by atoms with van der Waals surface area (Å²) in [5, 5.41) is 3.35. The summed E-state index contributed by atoms with van der Waals surface area (Å²) in [6.45, 7) is 4.62. The van der Waals surface area contributed by atoms with E-state index in [1.165, 1.54) is 0 Å². The molecule has 4 nitrogen and oxygen atoms in total. The second-order valence-corrected chi connectivity index (χ2v) is 5.09. The van der Waals surface area contributed by atoms with Gasteiger partial charge in [0.15, 0.2) is 0 Å². The number of likely N-dealkylation sites (tertiary alicyclic amines) is 1. The van der Waals surface area contributed by atoms with Gasteiger partial charge in [0, 0.05) is 31.4 Å². The summed E-state index contributed by atoms with van der Waals surface area (Å²) in [5.74, 6) is 0.270. The number of nitrogens with one attached hydrogen (secondary N) is 1. The Hall–Kier alpha value is -1.58. The molecular weight excluding hydrogens is 238 g/mol. The van der Waals surface area contributed by atoms with Crippen molar-refractivity contribution in [1.82, 2.24) is 9.88 Å². The van der Waals surface area contributed by atoms with Crippen LogP contribution in [0.3, 0.4) is 0 Å². The molecule has 1 aromatic rings. The quantitative estimate of drug-likeness (QED) is 0.886.